The van der Waals surface area contributed by atoms with Gasteiger partial charge in [0, 0.05) is 60.3 Å². The lowest BCUT2D eigenvalue weighted by Crippen LogP contribution is -2.42. The first-order valence-electron chi connectivity index (χ1n) is 11.8. The molecule has 0 radical (unpaired) electrons. The van der Waals surface area contributed by atoms with Crippen molar-refractivity contribution in [3.05, 3.63) is 52.7 Å². The first-order valence-corrected chi connectivity index (χ1v) is 12.7. The van der Waals surface area contributed by atoms with Crippen molar-refractivity contribution in [1.82, 2.24) is 29.3 Å². The van der Waals surface area contributed by atoms with E-state index in [1.807, 2.05) is 52.5 Å². The normalized spacial score (nSPS) is 16.6. The van der Waals surface area contributed by atoms with Crippen LogP contribution in [-0.4, -0.2) is 54.1 Å². The van der Waals surface area contributed by atoms with Crippen LogP contribution < -0.4 is 0 Å². The topological polar surface area (TPSA) is 91.6 Å². The van der Waals surface area contributed by atoms with E-state index in [0.717, 1.165) is 46.1 Å². The molecule has 0 saturated carbocycles. The van der Waals surface area contributed by atoms with E-state index in [2.05, 4.69) is 28.6 Å². The van der Waals surface area contributed by atoms with Gasteiger partial charge >= 0.3 is 6.09 Å². The number of fused-ring (bicyclic) bond motifs is 1. The van der Waals surface area contributed by atoms with Gasteiger partial charge in [-0.2, -0.15) is 5.10 Å². The highest BCUT2D eigenvalue weighted by Gasteiger charge is 2.29. The summed E-state index contributed by atoms with van der Waals surface area (Å²) in [5.41, 5.74) is 4.14. The molecule has 1 aliphatic rings. The van der Waals surface area contributed by atoms with Crippen LogP contribution in [0.2, 0.25) is 0 Å². The standard InChI is InChI=1S/C25H30N7O2S/c1-16-9-22(35-15-16)29-21-10-20(17-7-6-8-31(14-17)24(33)34-25(2,3)4)28-23-19(12-27-32(21)23)18-11-26-30(5)13-18/h9-13,15,17H,6-8,14H2,1-5H3/q-1. The van der Waals surface area contributed by atoms with Gasteiger partial charge in [-0.3, -0.25) is 14.8 Å². The summed E-state index contributed by atoms with van der Waals surface area (Å²) in [6.45, 7) is 8.98. The molecule has 9 nitrogen and oxygen atoms in total. The molecule has 1 saturated heterocycles. The van der Waals surface area contributed by atoms with E-state index in [1.54, 1.807) is 25.4 Å². The highest BCUT2D eigenvalue weighted by Crippen LogP contribution is 2.39. The Morgan fingerprint density at radius 2 is 2.06 bits per heavy atom. The van der Waals surface area contributed by atoms with E-state index in [9.17, 15) is 4.79 Å². The summed E-state index contributed by atoms with van der Waals surface area (Å²) in [5, 5.41) is 16.8. The molecule has 0 aliphatic carbocycles. The Balaban J connectivity index is 1.53. The van der Waals surface area contributed by atoms with Gasteiger partial charge in [0.05, 0.1) is 11.8 Å². The Morgan fingerprint density at radius 3 is 2.74 bits per heavy atom. The van der Waals surface area contributed by atoms with Crippen molar-refractivity contribution in [3.8, 4) is 11.1 Å². The molecule has 0 bridgehead atoms. The van der Waals surface area contributed by atoms with Gasteiger partial charge in [-0.1, -0.05) is 0 Å². The number of carbonyl (C=O) groups is 1. The largest absolute Gasteiger partial charge is 0.444 e. The summed E-state index contributed by atoms with van der Waals surface area (Å²) < 4.78 is 9.18. The minimum absolute atomic E-state index is 0.0805. The maximum atomic E-state index is 12.8. The molecule has 10 heteroatoms. The van der Waals surface area contributed by atoms with Crippen LogP contribution in [-0.2, 0) is 11.8 Å². The molecule has 5 heterocycles. The number of ether oxygens (including phenoxy) is 1. The number of thiophene rings is 1. The van der Waals surface area contributed by atoms with Crippen molar-refractivity contribution in [2.24, 2.45) is 7.05 Å². The Kier molecular flexibility index (Phi) is 6.00. The molecule has 4 aromatic rings. The van der Waals surface area contributed by atoms with Crippen LogP contribution >= 0.6 is 11.3 Å². The summed E-state index contributed by atoms with van der Waals surface area (Å²) in [6, 6.07) is 4.07. The van der Waals surface area contributed by atoms with Crippen molar-refractivity contribution < 1.29 is 9.53 Å². The average molecular weight is 493 g/mol. The predicted molar refractivity (Wildman–Crippen MR) is 137 cm³/mol. The molecule has 1 fully saturated rings. The van der Waals surface area contributed by atoms with Crippen LogP contribution in [0, 0.1) is 6.92 Å². The minimum atomic E-state index is -0.526. The van der Waals surface area contributed by atoms with Crippen LogP contribution in [0.5, 0.6) is 0 Å². The molecule has 1 aliphatic heterocycles. The summed E-state index contributed by atoms with van der Waals surface area (Å²) >= 11 is 1.60. The van der Waals surface area contributed by atoms with E-state index in [-0.39, 0.29) is 12.0 Å². The Bertz CT molecular complexity index is 1360. The van der Waals surface area contributed by atoms with E-state index >= 15 is 0 Å². The number of likely N-dealkylation sites (tertiary alicyclic amines) is 1. The van der Waals surface area contributed by atoms with Crippen LogP contribution in [0.3, 0.4) is 0 Å². The Morgan fingerprint density at radius 1 is 1.23 bits per heavy atom. The molecule has 0 N–H and O–H groups in total. The zero-order valence-electron chi connectivity index (χ0n) is 20.7. The second-order valence-corrected chi connectivity index (χ2v) is 11.0. The van der Waals surface area contributed by atoms with Gasteiger partial charge in [-0.25, -0.2) is 4.79 Å². The molecular formula is C25H30N7O2S-. The molecule has 1 amide bonds. The van der Waals surface area contributed by atoms with Crippen LogP contribution in [0.4, 0.5) is 15.6 Å². The molecule has 1 atom stereocenters. The summed E-state index contributed by atoms with van der Waals surface area (Å²) in [6.07, 6.45) is 7.14. The van der Waals surface area contributed by atoms with Crippen molar-refractivity contribution in [1.29, 1.82) is 0 Å². The number of aromatic nitrogens is 5. The number of nitrogens with zero attached hydrogens (tertiary/aromatic N) is 7. The van der Waals surface area contributed by atoms with Gasteiger partial charge in [-0.15, -0.1) is 11.3 Å². The van der Waals surface area contributed by atoms with Gasteiger partial charge in [0.25, 0.3) is 0 Å². The molecule has 0 spiro atoms. The number of piperidine rings is 1. The number of aryl methyl sites for hydroxylation is 2. The monoisotopic (exact) mass is 492 g/mol. The highest BCUT2D eigenvalue weighted by molar-refractivity contribution is 7.14. The van der Waals surface area contributed by atoms with Crippen molar-refractivity contribution in [2.45, 2.75) is 52.1 Å². The molecule has 184 valence electrons. The van der Waals surface area contributed by atoms with Gasteiger partial charge < -0.3 is 19.5 Å². The van der Waals surface area contributed by atoms with Crippen LogP contribution in [0.15, 0.2) is 36.1 Å². The minimum Gasteiger partial charge on any atom is -0.444 e. The second kappa shape index (κ2) is 8.99. The smallest absolute Gasteiger partial charge is 0.410 e. The zero-order chi connectivity index (χ0) is 24.7. The molecule has 35 heavy (non-hydrogen) atoms. The fourth-order valence-corrected chi connectivity index (χ4v) is 5.09. The quantitative estimate of drug-likeness (QED) is 0.351. The molecule has 5 rings (SSSR count). The lowest BCUT2D eigenvalue weighted by Gasteiger charge is -2.34. The summed E-state index contributed by atoms with van der Waals surface area (Å²) in [4.78, 5) is 19.6. The predicted octanol–water partition coefficient (Wildman–Crippen LogP) is 5.95. The fraction of sp³-hybridized carbons (Fsp3) is 0.440. The lowest BCUT2D eigenvalue weighted by atomic mass is 9.94. The Labute approximate surface area is 208 Å². The molecule has 4 aromatic heterocycles. The summed E-state index contributed by atoms with van der Waals surface area (Å²) in [7, 11) is 1.89. The van der Waals surface area contributed by atoms with Crippen molar-refractivity contribution in [2.75, 3.05) is 13.1 Å². The third-order valence-electron chi connectivity index (χ3n) is 5.92. The molecule has 1 unspecified atom stereocenters. The number of carbonyl (C=O) groups excluding carboxylic acids is 1. The number of hydrogen-bond donors (Lipinski definition) is 0. The van der Waals surface area contributed by atoms with E-state index in [4.69, 9.17) is 15.0 Å². The van der Waals surface area contributed by atoms with Crippen molar-refractivity contribution >= 4 is 33.9 Å². The van der Waals surface area contributed by atoms with Crippen LogP contribution in [0.1, 0.15) is 50.8 Å². The van der Waals surface area contributed by atoms with E-state index in [1.165, 1.54) is 5.56 Å². The van der Waals surface area contributed by atoms with Gasteiger partial charge in [0.2, 0.25) is 0 Å². The maximum absolute atomic E-state index is 12.8. The number of rotatable bonds is 4. The SMILES string of the molecule is Cc1csc([N-]c2cc(C3CCCN(C(=O)OC(C)(C)C)C3)nc3c(-c4cnn(C)c4)cnn23)c1. The summed E-state index contributed by atoms with van der Waals surface area (Å²) in [5.74, 6) is 0.799. The van der Waals surface area contributed by atoms with Gasteiger partial charge in [0.15, 0.2) is 0 Å². The molecular weight excluding hydrogens is 462 g/mol. The fourth-order valence-electron chi connectivity index (χ4n) is 4.32. The number of hydrogen-bond acceptors (Lipinski definition) is 6. The zero-order valence-corrected chi connectivity index (χ0v) is 21.5. The van der Waals surface area contributed by atoms with Crippen LogP contribution in [0.25, 0.3) is 22.1 Å². The maximum Gasteiger partial charge on any atom is 0.410 e. The lowest BCUT2D eigenvalue weighted by molar-refractivity contribution is 0.0197. The molecule has 0 aromatic carbocycles. The third-order valence-corrected chi connectivity index (χ3v) is 6.86. The van der Waals surface area contributed by atoms with E-state index < -0.39 is 5.60 Å². The highest BCUT2D eigenvalue weighted by atomic mass is 32.1. The van der Waals surface area contributed by atoms with Gasteiger partial charge in [0.1, 0.15) is 5.60 Å². The average Bonchev–Trinajstić information content (AvgIpc) is 3.52. The van der Waals surface area contributed by atoms with Crippen molar-refractivity contribution in [3.63, 3.8) is 0 Å². The number of amides is 1. The third kappa shape index (κ3) is 5.02. The van der Waals surface area contributed by atoms with E-state index in [0.29, 0.717) is 13.1 Å². The first kappa shape index (κ1) is 23.3. The van der Waals surface area contributed by atoms with Gasteiger partial charge in [-0.05, 0) is 69.4 Å². The Hall–Kier alpha value is -3.40. The first-order chi connectivity index (χ1) is 16.7. The second-order valence-electron chi connectivity index (χ2n) is 10.1.